The average Bonchev–Trinajstić information content (AvgIpc) is 2.41. The lowest BCUT2D eigenvalue weighted by Gasteiger charge is -2.08. The number of carbonyl (C=O) groups is 1. The van der Waals surface area contributed by atoms with Gasteiger partial charge in [-0.2, -0.15) is 0 Å². The molecule has 1 rings (SSSR count). The minimum atomic E-state index is -0.996. The lowest BCUT2D eigenvalue weighted by atomic mass is 10.1. The number of rotatable bonds is 8. The third-order valence-corrected chi connectivity index (χ3v) is 2.40. The van der Waals surface area contributed by atoms with E-state index in [2.05, 4.69) is 0 Å². The fourth-order valence-electron chi connectivity index (χ4n) is 1.50. The maximum Gasteiger partial charge on any atom is 0.328 e. The molecule has 0 saturated carbocycles. The Morgan fingerprint density at radius 3 is 2.74 bits per heavy atom. The Bertz CT molecular complexity index is 439. The van der Waals surface area contributed by atoms with Crippen LogP contribution in [0.2, 0.25) is 0 Å². The third-order valence-electron chi connectivity index (χ3n) is 2.40. The fraction of sp³-hybridized carbons (Fsp3) is 0.357. The average molecular weight is 266 g/mol. The van der Waals surface area contributed by atoms with Crippen LogP contribution in [0.4, 0.5) is 0 Å². The second-order valence-corrected chi connectivity index (χ2v) is 3.79. The zero-order valence-electron chi connectivity index (χ0n) is 11.1. The van der Waals surface area contributed by atoms with Gasteiger partial charge in [0.15, 0.2) is 0 Å². The molecule has 0 amide bonds. The van der Waals surface area contributed by atoms with E-state index >= 15 is 0 Å². The number of hydrogen-bond acceptors (Lipinski definition) is 4. The molecule has 104 valence electrons. The van der Waals surface area contributed by atoms with Gasteiger partial charge in [-0.3, -0.25) is 0 Å². The number of aliphatic carboxylic acids is 1. The first kappa shape index (κ1) is 15.2. The lowest BCUT2D eigenvalue weighted by molar-refractivity contribution is -0.131. The summed E-state index contributed by atoms with van der Waals surface area (Å²) in [5.74, 6) is -0.373. The van der Waals surface area contributed by atoms with Crippen LogP contribution in [0.1, 0.15) is 11.1 Å². The van der Waals surface area contributed by atoms with Gasteiger partial charge < -0.3 is 19.3 Å². The van der Waals surface area contributed by atoms with Crippen LogP contribution >= 0.6 is 0 Å². The van der Waals surface area contributed by atoms with Crippen LogP contribution in [0.3, 0.4) is 0 Å². The highest BCUT2D eigenvalue weighted by molar-refractivity contribution is 5.85. The smallest absolute Gasteiger partial charge is 0.328 e. The van der Waals surface area contributed by atoms with Crippen molar-refractivity contribution >= 4 is 12.0 Å². The minimum Gasteiger partial charge on any atom is -0.496 e. The quantitative estimate of drug-likeness (QED) is 0.575. The molecule has 0 aromatic heterocycles. The maximum atomic E-state index is 10.5. The van der Waals surface area contributed by atoms with E-state index in [4.69, 9.17) is 19.3 Å². The van der Waals surface area contributed by atoms with Crippen LogP contribution in [-0.2, 0) is 20.9 Å². The van der Waals surface area contributed by atoms with Gasteiger partial charge in [-0.15, -0.1) is 0 Å². The van der Waals surface area contributed by atoms with Crippen molar-refractivity contribution in [2.45, 2.75) is 6.61 Å². The summed E-state index contributed by atoms with van der Waals surface area (Å²) in [6, 6.07) is 5.51. The molecular weight excluding hydrogens is 248 g/mol. The standard InChI is InChI=1S/C14H18O5/c1-17-7-8-19-10-11-3-5-13(18-2)12(9-11)4-6-14(15)16/h3-6,9H,7-8,10H2,1-2H3,(H,15,16)/b6-4+. The summed E-state index contributed by atoms with van der Waals surface area (Å²) in [7, 11) is 3.16. The van der Waals surface area contributed by atoms with E-state index < -0.39 is 5.97 Å². The number of carboxylic acid groups (broad SMARTS) is 1. The van der Waals surface area contributed by atoms with Crippen LogP contribution in [-0.4, -0.2) is 38.5 Å². The molecule has 0 heterocycles. The molecule has 0 atom stereocenters. The summed E-state index contributed by atoms with van der Waals surface area (Å²) in [5, 5.41) is 8.64. The summed E-state index contributed by atoms with van der Waals surface area (Å²) < 4.78 is 15.5. The normalized spacial score (nSPS) is 10.8. The largest absolute Gasteiger partial charge is 0.496 e. The molecule has 1 N–H and O–H groups in total. The van der Waals surface area contributed by atoms with Gasteiger partial charge >= 0.3 is 5.97 Å². The summed E-state index contributed by atoms with van der Waals surface area (Å²) >= 11 is 0. The van der Waals surface area contributed by atoms with Crippen LogP contribution < -0.4 is 4.74 Å². The van der Waals surface area contributed by atoms with E-state index in [-0.39, 0.29) is 0 Å². The van der Waals surface area contributed by atoms with Gasteiger partial charge in [-0.1, -0.05) is 6.07 Å². The number of benzene rings is 1. The van der Waals surface area contributed by atoms with Gasteiger partial charge in [-0.25, -0.2) is 4.79 Å². The second-order valence-electron chi connectivity index (χ2n) is 3.79. The molecule has 0 fully saturated rings. The van der Waals surface area contributed by atoms with Gasteiger partial charge in [0.05, 0.1) is 26.9 Å². The molecule has 0 aliphatic rings. The van der Waals surface area contributed by atoms with E-state index in [9.17, 15) is 4.79 Å². The maximum absolute atomic E-state index is 10.5. The molecule has 5 heteroatoms. The first-order valence-electron chi connectivity index (χ1n) is 5.82. The summed E-state index contributed by atoms with van der Waals surface area (Å²) in [6.45, 7) is 1.51. The molecule has 0 saturated heterocycles. The highest BCUT2D eigenvalue weighted by Crippen LogP contribution is 2.21. The Labute approximate surface area is 112 Å². The number of ether oxygens (including phenoxy) is 3. The zero-order chi connectivity index (χ0) is 14.1. The monoisotopic (exact) mass is 266 g/mol. The first-order chi connectivity index (χ1) is 9.17. The Kier molecular flexibility index (Phi) is 6.63. The van der Waals surface area contributed by atoms with Gasteiger partial charge in [0.1, 0.15) is 5.75 Å². The highest BCUT2D eigenvalue weighted by Gasteiger charge is 2.03. The SMILES string of the molecule is COCCOCc1ccc(OC)c(/C=C/C(=O)O)c1. The van der Waals surface area contributed by atoms with Crippen molar-refractivity contribution in [1.29, 1.82) is 0 Å². The number of carboxylic acids is 1. The van der Waals surface area contributed by atoms with E-state index in [1.807, 2.05) is 12.1 Å². The third kappa shape index (κ3) is 5.54. The number of methoxy groups -OCH3 is 2. The molecule has 0 unspecified atom stereocenters. The Morgan fingerprint density at radius 1 is 1.32 bits per heavy atom. The van der Waals surface area contributed by atoms with Crippen molar-refractivity contribution in [3.05, 3.63) is 35.4 Å². The minimum absolute atomic E-state index is 0.446. The van der Waals surface area contributed by atoms with E-state index in [1.165, 1.54) is 6.08 Å². The van der Waals surface area contributed by atoms with E-state index in [0.717, 1.165) is 11.6 Å². The molecule has 0 aliphatic carbocycles. The molecule has 1 aromatic rings. The lowest BCUT2D eigenvalue weighted by Crippen LogP contribution is -2.02. The van der Waals surface area contributed by atoms with Crippen molar-refractivity contribution < 1.29 is 24.1 Å². The van der Waals surface area contributed by atoms with Gasteiger partial charge in [0, 0.05) is 18.7 Å². The van der Waals surface area contributed by atoms with Gasteiger partial charge in [-0.05, 0) is 23.8 Å². The molecule has 0 radical (unpaired) electrons. The molecule has 5 nitrogen and oxygen atoms in total. The molecule has 1 aromatic carbocycles. The van der Waals surface area contributed by atoms with Gasteiger partial charge in [0.25, 0.3) is 0 Å². The molecule has 19 heavy (non-hydrogen) atoms. The predicted molar refractivity (Wildman–Crippen MR) is 71.2 cm³/mol. The van der Waals surface area contributed by atoms with Crippen LogP contribution in [0.5, 0.6) is 5.75 Å². The Balaban J connectivity index is 2.74. The van der Waals surface area contributed by atoms with Crippen molar-refractivity contribution in [2.75, 3.05) is 27.4 Å². The van der Waals surface area contributed by atoms with Gasteiger partial charge in [0.2, 0.25) is 0 Å². The van der Waals surface area contributed by atoms with Crippen molar-refractivity contribution in [2.24, 2.45) is 0 Å². The molecule has 0 bridgehead atoms. The van der Waals surface area contributed by atoms with E-state index in [1.54, 1.807) is 20.3 Å². The summed E-state index contributed by atoms with van der Waals surface area (Å²) in [5.41, 5.74) is 1.65. The first-order valence-corrected chi connectivity index (χ1v) is 5.82. The number of hydrogen-bond donors (Lipinski definition) is 1. The van der Waals surface area contributed by atoms with Crippen molar-refractivity contribution in [3.8, 4) is 5.75 Å². The highest BCUT2D eigenvalue weighted by atomic mass is 16.5. The van der Waals surface area contributed by atoms with Crippen molar-refractivity contribution in [3.63, 3.8) is 0 Å². The summed E-state index contributed by atoms with van der Waals surface area (Å²) in [6.07, 6.45) is 2.58. The van der Waals surface area contributed by atoms with Crippen LogP contribution in [0, 0.1) is 0 Å². The molecule has 0 spiro atoms. The summed E-state index contributed by atoms with van der Waals surface area (Å²) in [4.78, 5) is 10.5. The Hall–Kier alpha value is -1.85. The topological polar surface area (TPSA) is 65.0 Å². The van der Waals surface area contributed by atoms with Crippen LogP contribution in [0.15, 0.2) is 24.3 Å². The molecule has 0 aliphatic heterocycles. The second kappa shape index (κ2) is 8.29. The molecular formula is C14H18O5. The zero-order valence-corrected chi connectivity index (χ0v) is 11.1. The van der Waals surface area contributed by atoms with Crippen molar-refractivity contribution in [1.82, 2.24) is 0 Å². The predicted octanol–water partition coefficient (Wildman–Crippen LogP) is 1.96. The van der Waals surface area contributed by atoms with E-state index in [0.29, 0.717) is 31.1 Å². The Morgan fingerprint density at radius 2 is 2.11 bits per heavy atom. The fourth-order valence-corrected chi connectivity index (χ4v) is 1.50. The van der Waals surface area contributed by atoms with Crippen LogP contribution in [0.25, 0.3) is 6.08 Å².